The molecule has 0 aliphatic heterocycles. The normalized spacial score (nSPS) is 10.8. The summed E-state index contributed by atoms with van der Waals surface area (Å²) in [5, 5.41) is 3.61. The predicted molar refractivity (Wildman–Crippen MR) is 75.1 cm³/mol. The van der Waals surface area contributed by atoms with E-state index in [0.29, 0.717) is 11.3 Å². The van der Waals surface area contributed by atoms with Crippen LogP contribution in [0, 0.1) is 24.4 Å². The molecule has 0 atom stereocenters. The molecule has 0 unspecified atom stereocenters. The Labute approximate surface area is 129 Å². The predicted octanol–water partition coefficient (Wildman–Crippen LogP) is 4.04. The van der Waals surface area contributed by atoms with E-state index in [1.54, 1.807) is 6.92 Å². The van der Waals surface area contributed by atoms with Gasteiger partial charge in [-0.15, -0.1) is 0 Å². The van der Waals surface area contributed by atoms with Crippen LogP contribution >= 0.6 is 0 Å². The van der Waals surface area contributed by atoms with Gasteiger partial charge in [0, 0.05) is 0 Å². The minimum absolute atomic E-state index is 0.0787. The van der Waals surface area contributed by atoms with E-state index in [1.165, 1.54) is 24.3 Å². The van der Waals surface area contributed by atoms with E-state index in [2.05, 4.69) is 10.1 Å². The lowest BCUT2D eigenvalue weighted by Gasteiger charge is -2.04. The van der Waals surface area contributed by atoms with Crippen LogP contribution in [0.25, 0.3) is 11.5 Å². The molecule has 0 saturated carbocycles. The second-order valence-corrected chi connectivity index (χ2v) is 4.81. The van der Waals surface area contributed by atoms with Gasteiger partial charge in [-0.3, -0.25) is 0 Å². The molecule has 7 heteroatoms. The Morgan fingerprint density at radius 1 is 1.04 bits per heavy atom. The molecule has 0 fully saturated rings. The van der Waals surface area contributed by atoms with Crippen LogP contribution in [0.4, 0.5) is 13.2 Å². The number of benzene rings is 2. The molecule has 1 heterocycles. The summed E-state index contributed by atoms with van der Waals surface area (Å²) in [4.78, 5) is 3.90. The van der Waals surface area contributed by atoms with E-state index in [0.717, 1.165) is 12.1 Å². The van der Waals surface area contributed by atoms with Gasteiger partial charge in [0.25, 0.3) is 5.89 Å². The van der Waals surface area contributed by atoms with Gasteiger partial charge < -0.3 is 9.26 Å². The topological polar surface area (TPSA) is 48.2 Å². The zero-order chi connectivity index (χ0) is 16.4. The largest absolute Gasteiger partial charge is 0.485 e. The monoisotopic (exact) mass is 320 g/mol. The number of aryl methyl sites for hydroxylation is 1. The smallest absolute Gasteiger partial charge is 0.264 e. The highest BCUT2D eigenvalue weighted by molar-refractivity contribution is 5.54. The fourth-order valence-corrected chi connectivity index (χ4v) is 1.97. The summed E-state index contributed by atoms with van der Waals surface area (Å²) in [6.07, 6.45) is 0. The maximum Gasteiger partial charge on any atom is 0.264 e. The van der Waals surface area contributed by atoms with Crippen molar-refractivity contribution in [3.8, 4) is 17.2 Å². The highest BCUT2D eigenvalue weighted by Crippen LogP contribution is 2.24. The zero-order valence-corrected chi connectivity index (χ0v) is 12.0. The van der Waals surface area contributed by atoms with Crippen LogP contribution < -0.4 is 4.74 Å². The Hall–Kier alpha value is -2.83. The fourth-order valence-electron chi connectivity index (χ4n) is 1.97. The van der Waals surface area contributed by atoms with Crippen LogP contribution in [0.2, 0.25) is 0 Å². The molecule has 0 bridgehead atoms. The molecular formula is C16H11F3N2O2. The van der Waals surface area contributed by atoms with Gasteiger partial charge in [-0.25, -0.2) is 13.2 Å². The molecular weight excluding hydrogens is 309 g/mol. The number of nitrogens with zero attached hydrogens (tertiary/aromatic N) is 2. The van der Waals surface area contributed by atoms with E-state index in [9.17, 15) is 13.2 Å². The Morgan fingerprint density at radius 2 is 1.78 bits per heavy atom. The van der Waals surface area contributed by atoms with Crippen molar-refractivity contribution in [1.29, 1.82) is 0 Å². The van der Waals surface area contributed by atoms with Crippen molar-refractivity contribution in [3.63, 3.8) is 0 Å². The van der Waals surface area contributed by atoms with E-state index < -0.39 is 11.6 Å². The van der Waals surface area contributed by atoms with E-state index >= 15 is 0 Å². The summed E-state index contributed by atoms with van der Waals surface area (Å²) in [5.74, 6) is -1.66. The summed E-state index contributed by atoms with van der Waals surface area (Å²) < 4.78 is 50.7. The van der Waals surface area contributed by atoms with Crippen LogP contribution in [-0.2, 0) is 6.61 Å². The first-order valence-corrected chi connectivity index (χ1v) is 6.70. The molecule has 0 radical (unpaired) electrons. The number of ether oxygens (including phenoxy) is 1. The SMILES string of the molecule is Cc1cc(OCc2noc(-c3c(F)cccc3F)n2)ccc1F. The molecule has 0 saturated heterocycles. The van der Waals surface area contributed by atoms with Crippen molar-refractivity contribution in [3.05, 3.63) is 65.2 Å². The zero-order valence-electron chi connectivity index (χ0n) is 12.0. The lowest BCUT2D eigenvalue weighted by molar-refractivity contribution is 0.286. The average molecular weight is 320 g/mol. The molecule has 0 spiro atoms. The number of aromatic nitrogens is 2. The number of rotatable bonds is 4. The third kappa shape index (κ3) is 3.18. The summed E-state index contributed by atoms with van der Waals surface area (Å²) in [6, 6.07) is 7.69. The first-order chi connectivity index (χ1) is 11.0. The molecule has 3 aromatic rings. The molecule has 3 rings (SSSR count). The second kappa shape index (κ2) is 6.12. The van der Waals surface area contributed by atoms with Crippen molar-refractivity contribution in [2.45, 2.75) is 13.5 Å². The highest BCUT2D eigenvalue weighted by atomic mass is 19.1. The lowest BCUT2D eigenvalue weighted by atomic mass is 10.2. The van der Waals surface area contributed by atoms with Crippen molar-refractivity contribution in [2.24, 2.45) is 0 Å². The van der Waals surface area contributed by atoms with Crippen LogP contribution in [-0.4, -0.2) is 10.1 Å². The van der Waals surface area contributed by atoms with E-state index in [1.807, 2.05) is 0 Å². The number of hydrogen-bond acceptors (Lipinski definition) is 4. The van der Waals surface area contributed by atoms with Crippen molar-refractivity contribution in [1.82, 2.24) is 10.1 Å². The average Bonchev–Trinajstić information content (AvgIpc) is 2.97. The standard InChI is InChI=1S/C16H11F3N2O2/c1-9-7-10(5-6-11(9)17)22-8-14-20-16(23-21-14)15-12(18)3-2-4-13(15)19/h2-7H,8H2,1H3. The molecule has 1 aromatic heterocycles. The molecule has 23 heavy (non-hydrogen) atoms. The van der Waals surface area contributed by atoms with Gasteiger partial charge in [0.1, 0.15) is 28.8 Å². The number of halogens is 3. The Kier molecular flexibility index (Phi) is 4.01. The number of hydrogen-bond donors (Lipinski definition) is 0. The van der Waals surface area contributed by atoms with Gasteiger partial charge in [0.05, 0.1) is 0 Å². The summed E-state index contributed by atoms with van der Waals surface area (Å²) in [5.41, 5.74) is 0.0496. The van der Waals surface area contributed by atoms with Gasteiger partial charge in [-0.2, -0.15) is 4.98 Å². The summed E-state index contributed by atoms with van der Waals surface area (Å²) >= 11 is 0. The highest BCUT2D eigenvalue weighted by Gasteiger charge is 2.18. The van der Waals surface area contributed by atoms with E-state index in [-0.39, 0.29) is 29.7 Å². The van der Waals surface area contributed by atoms with Crippen LogP contribution in [0.15, 0.2) is 40.9 Å². The van der Waals surface area contributed by atoms with Gasteiger partial charge >= 0.3 is 0 Å². The lowest BCUT2D eigenvalue weighted by Crippen LogP contribution is -1.98. The van der Waals surface area contributed by atoms with Gasteiger partial charge in [0.2, 0.25) is 5.82 Å². The van der Waals surface area contributed by atoms with Crippen LogP contribution in [0.5, 0.6) is 5.75 Å². The third-order valence-electron chi connectivity index (χ3n) is 3.14. The third-order valence-corrected chi connectivity index (χ3v) is 3.14. The Bertz CT molecular complexity index is 829. The molecule has 0 aliphatic carbocycles. The van der Waals surface area contributed by atoms with Crippen LogP contribution in [0.1, 0.15) is 11.4 Å². The minimum atomic E-state index is -0.796. The molecule has 118 valence electrons. The summed E-state index contributed by atoms with van der Waals surface area (Å²) in [7, 11) is 0. The van der Waals surface area contributed by atoms with Gasteiger partial charge in [0.15, 0.2) is 6.61 Å². The van der Waals surface area contributed by atoms with Gasteiger partial charge in [-0.05, 0) is 42.8 Å². The van der Waals surface area contributed by atoms with Crippen molar-refractivity contribution in [2.75, 3.05) is 0 Å². The maximum atomic E-state index is 13.6. The quantitative estimate of drug-likeness (QED) is 0.728. The maximum absolute atomic E-state index is 13.6. The second-order valence-electron chi connectivity index (χ2n) is 4.81. The molecule has 4 nitrogen and oxygen atoms in total. The van der Waals surface area contributed by atoms with Crippen LogP contribution in [0.3, 0.4) is 0 Å². The van der Waals surface area contributed by atoms with Gasteiger partial charge in [-0.1, -0.05) is 11.2 Å². The fraction of sp³-hybridized carbons (Fsp3) is 0.125. The minimum Gasteiger partial charge on any atom is -0.485 e. The Morgan fingerprint density at radius 3 is 2.48 bits per heavy atom. The first kappa shape index (κ1) is 15.1. The first-order valence-electron chi connectivity index (χ1n) is 6.70. The molecule has 2 aromatic carbocycles. The molecule has 0 aliphatic rings. The van der Waals surface area contributed by atoms with Crippen molar-refractivity contribution >= 4 is 0 Å². The Balaban J connectivity index is 1.76. The van der Waals surface area contributed by atoms with Crippen molar-refractivity contribution < 1.29 is 22.4 Å². The van der Waals surface area contributed by atoms with E-state index in [4.69, 9.17) is 9.26 Å². The molecule has 0 amide bonds. The molecule has 0 N–H and O–H groups in total. The summed E-state index contributed by atoms with van der Waals surface area (Å²) in [6.45, 7) is 1.53.